The Kier molecular flexibility index (Phi) is 6.11. The third-order valence-electron chi connectivity index (χ3n) is 6.70. The molecule has 1 aromatic carbocycles. The summed E-state index contributed by atoms with van der Waals surface area (Å²) in [6.45, 7) is 6.50. The monoisotopic (exact) mass is 484 g/mol. The lowest BCUT2D eigenvalue weighted by atomic mass is 9.69. The molecule has 170 valence electrons. The molecule has 1 aromatic heterocycles. The predicted octanol–water partition coefficient (Wildman–Crippen LogP) is 3.80. The van der Waals surface area contributed by atoms with Crippen LogP contribution in [-0.4, -0.2) is 66.5 Å². The Morgan fingerprint density at radius 3 is 2.61 bits per heavy atom. The molecule has 0 saturated carbocycles. The number of amides is 1. The first-order valence-corrected chi connectivity index (χ1v) is 13.6. The van der Waals surface area contributed by atoms with Crippen molar-refractivity contribution in [3.05, 3.63) is 23.2 Å². The number of rotatable bonds is 4. The Morgan fingerprint density at radius 1 is 1.23 bits per heavy atom. The van der Waals surface area contributed by atoms with Gasteiger partial charge in [-0.25, -0.2) is 13.4 Å². The number of likely N-dealkylation sites (tertiary alicyclic amines) is 1. The van der Waals surface area contributed by atoms with Crippen molar-refractivity contribution < 1.29 is 13.2 Å². The zero-order valence-electron chi connectivity index (χ0n) is 18.1. The van der Waals surface area contributed by atoms with Crippen molar-refractivity contribution in [3.63, 3.8) is 0 Å². The summed E-state index contributed by atoms with van der Waals surface area (Å²) in [4.78, 5) is 19.2. The summed E-state index contributed by atoms with van der Waals surface area (Å²) in [6, 6.07) is 5.48. The van der Waals surface area contributed by atoms with E-state index in [1.807, 2.05) is 26.0 Å². The van der Waals surface area contributed by atoms with E-state index in [0.29, 0.717) is 23.2 Å². The van der Waals surface area contributed by atoms with Crippen LogP contribution in [0, 0.1) is 5.41 Å². The van der Waals surface area contributed by atoms with Gasteiger partial charge in [-0.1, -0.05) is 22.9 Å². The van der Waals surface area contributed by atoms with Gasteiger partial charge in [0.1, 0.15) is 0 Å². The maximum atomic E-state index is 12.6. The summed E-state index contributed by atoms with van der Waals surface area (Å²) in [7, 11) is -3.25. The highest BCUT2D eigenvalue weighted by Gasteiger charge is 2.47. The van der Waals surface area contributed by atoms with Crippen molar-refractivity contribution in [1.29, 1.82) is 0 Å². The van der Waals surface area contributed by atoms with E-state index in [-0.39, 0.29) is 16.9 Å². The molecule has 2 fully saturated rings. The van der Waals surface area contributed by atoms with Crippen LogP contribution < -0.4 is 5.32 Å². The first-order valence-electron chi connectivity index (χ1n) is 10.5. The van der Waals surface area contributed by atoms with E-state index in [1.165, 1.54) is 17.6 Å². The smallest absolute Gasteiger partial charge is 0.240 e. The van der Waals surface area contributed by atoms with Gasteiger partial charge in [0.15, 0.2) is 5.13 Å². The molecule has 31 heavy (non-hydrogen) atoms. The summed E-state index contributed by atoms with van der Waals surface area (Å²) in [6.07, 6.45) is 5.01. The van der Waals surface area contributed by atoms with Gasteiger partial charge in [0, 0.05) is 17.1 Å². The summed E-state index contributed by atoms with van der Waals surface area (Å²) < 4.78 is 27.3. The average molecular weight is 485 g/mol. The molecule has 1 N–H and O–H groups in total. The number of benzene rings is 1. The number of sulfonamides is 1. The Morgan fingerprint density at radius 2 is 1.94 bits per heavy atom. The van der Waals surface area contributed by atoms with Crippen LogP contribution >= 0.6 is 22.9 Å². The van der Waals surface area contributed by atoms with Crippen molar-refractivity contribution in [1.82, 2.24) is 14.2 Å². The van der Waals surface area contributed by atoms with Gasteiger partial charge >= 0.3 is 0 Å². The standard InChI is InChI=1S/C21H29ClN4O3S2/c1-20(2)6-7-21(14-26(20)31(3,28)29)8-10-25(11-9-21)13-18(27)24-19-23-16-5-4-15(22)12-17(16)30-19/h4-5,12H,6-11,13-14H2,1-3H3,(H,23,24,27). The summed E-state index contributed by atoms with van der Waals surface area (Å²) >= 11 is 7.44. The average Bonchev–Trinajstić information content (AvgIpc) is 3.06. The number of piperidine rings is 2. The predicted molar refractivity (Wildman–Crippen MR) is 126 cm³/mol. The van der Waals surface area contributed by atoms with Gasteiger partial charge < -0.3 is 5.32 Å². The van der Waals surface area contributed by atoms with Crippen LogP contribution in [-0.2, 0) is 14.8 Å². The number of fused-ring (bicyclic) bond motifs is 1. The number of aromatic nitrogens is 1. The number of nitrogens with one attached hydrogen (secondary N) is 1. The number of hydrogen-bond acceptors (Lipinski definition) is 6. The molecule has 3 heterocycles. The second-order valence-corrected chi connectivity index (χ2v) is 12.9. The minimum absolute atomic E-state index is 0.0118. The number of halogens is 1. The van der Waals surface area contributed by atoms with E-state index in [0.717, 1.165) is 49.0 Å². The number of nitrogens with zero attached hydrogens (tertiary/aromatic N) is 3. The molecule has 0 aliphatic carbocycles. The van der Waals surface area contributed by atoms with Crippen molar-refractivity contribution in [2.24, 2.45) is 5.41 Å². The van der Waals surface area contributed by atoms with E-state index < -0.39 is 10.0 Å². The molecule has 4 rings (SSSR count). The molecule has 0 unspecified atom stereocenters. The van der Waals surface area contributed by atoms with E-state index >= 15 is 0 Å². The van der Waals surface area contributed by atoms with Crippen molar-refractivity contribution in [3.8, 4) is 0 Å². The maximum Gasteiger partial charge on any atom is 0.240 e. The number of thiazole rings is 1. The highest BCUT2D eigenvalue weighted by Crippen LogP contribution is 2.45. The van der Waals surface area contributed by atoms with Crippen LogP contribution in [0.15, 0.2) is 18.2 Å². The lowest BCUT2D eigenvalue weighted by Gasteiger charge is -2.52. The number of hydrogen-bond donors (Lipinski definition) is 1. The van der Waals surface area contributed by atoms with Crippen LogP contribution in [0.4, 0.5) is 5.13 Å². The molecule has 2 saturated heterocycles. The minimum atomic E-state index is -3.25. The summed E-state index contributed by atoms with van der Waals surface area (Å²) in [5.74, 6) is -0.0800. The lowest BCUT2D eigenvalue weighted by molar-refractivity contribution is -0.118. The molecule has 1 spiro atoms. The molecule has 2 aliphatic heterocycles. The van der Waals surface area contributed by atoms with Crippen molar-refractivity contribution in [2.75, 3.05) is 37.8 Å². The molecule has 2 aliphatic rings. The molecule has 10 heteroatoms. The molecular weight excluding hydrogens is 456 g/mol. The molecule has 0 atom stereocenters. The molecular formula is C21H29ClN4O3S2. The van der Waals surface area contributed by atoms with Crippen LogP contribution in [0.3, 0.4) is 0 Å². The van der Waals surface area contributed by atoms with Gasteiger partial charge in [-0.15, -0.1) is 0 Å². The highest BCUT2D eigenvalue weighted by atomic mass is 35.5. The minimum Gasteiger partial charge on any atom is -0.301 e. The van der Waals surface area contributed by atoms with E-state index in [9.17, 15) is 13.2 Å². The number of carbonyl (C=O) groups excluding carboxylic acids is 1. The van der Waals surface area contributed by atoms with Crippen LogP contribution in [0.2, 0.25) is 5.02 Å². The van der Waals surface area contributed by atoms with Gasteiger partial charge in [-0.3, -0.25) is 9.69 Å². The van der Waals surface area contributed by atoms with Gasteiger partial charge in [-0.2, -0.15) is 4.31 Å². The highest BCUT2D eigenvalue weighted by molar-refractivity contribution is 7.88. The Hall–Kier alpha value is -1.26. The van der Waals surface area contributed by atoms with Crippen LogP contribution in [0.25, 0.3) is 10.2 Å². The molecule has 2 aromatic rings. The summed E-state index contributed by atoms with van der Waals surface area (Å²) in [5.41, 5.74) is 0.495. The fraction of sp³-hybridized carbons (Fsp3) is 0.619. The van der Waals surface area contributed by atoms with Crippen LogP contribution in [0.1, 0.15) is 39.5 Å². The van der Waals surface area contributed by atoms with Crippen molar-refractivity contribution in [2.45, 2.75) is 45.1 Å². The second kappa shape index (κ2) is 8.26. The Labute approximate surface area is 192 Å². The third-order valence-corrected chi connectivity index (χ3v) is 9.30. The number of anilines is 1. The Bertz CT molecular complexity index is 1090. The molecule has 0 radical (unpaired) electrons. The largest absolute Gasteiger partial charge is 0.301 e. The zero-order valence-corrected chi connectivity index (χ0v) is 20.5. The Balaban J connectivity index is 1.34. The van der Waals surface area contributed by atoms with Crippen LogP contribution in [0.5, 0.6) is 0 Å². The second-order valence-electron chi connectivity index (χ2n) is 9.54. The first-order chi connectivity index (χ1) is 14.5. The third kappa shape index (κ3) is 5.06. The topological polar surface area (TPSA) is 82.6 Å². The zero-order chi connectivity index (χ0) is 22.4. The maximum absolute atomic E-state index is 12.6. The molecule has 1 amide bonds. The van der Waals surface area contributed by atoms with Gasteiger partial charge in [0.2, 0.25) is 15.9 Å². The molecule has 7 nitrogen and oxygen atoms in total. The fourth-order valence-corrected chi connectivity index (χ4v) is 7.42. The first kappa shape index (κ1) is 22.9. The van der Waals surface area contributed by atoms with E-state index in [1.54, 1.807) is 10.4 Å². The quantitative estimate of drug-likeness (QED) is 0.713. The number of carbonyl (C=O) groups is 1. The van der Waals surface area contributed by atoms with Crippen molar-refractivity contribution >= 4 is 54.2 Å². The summed E-state index contributed by atoms with van der Waals surface area (Å²) in [5, 5.41) is 4.13. The van der Waals surface area contributed by atoms with Gasteiger partial charge in [0.25, 0.3) is 0 Å². The van der Waals surface area contributed by atoms with Gasteiger partial charge in [0.05, 0.1) is 23.0 Å². The normalized spacial score (nSPS) is 22.1. The van der Waals surface area contributed by atoms with Gasteiger partial charge in [-0.05, 0) is 76.2 Å². The fourth-order valence-electron chi connectivity index (χ4n) is 4.77. The van der Waals surface area contributed by atoms with E-state index in [2.05, 4.69) is 15.2 Å². The van der Waals surface area contributed by atoms with E-state index in [4.69, 9.17) is 11.6 Å². The SMILES string of the molecule is CC1(C)CCC2(CCN(CC(=O)Nc3nc4ccc(Cl)cc4s3)CC2)CN1S(C)(=O)=O. The lowest BCUT2D eigenvalue weighted by Crippen LogP contribution is -2.58. The molecule has 0 bridgehead atoms.